The van der Waals surface area contributed by atoms with Gasteiger partial charge in [-0.1, -0.05) is 6.58 Å². The molecule has 24 heavy (non-hydrogen) atoms. The van der Waals surface area contributed by atoms with E-state index >= 15 is 0 Å². The van der Waals surface area contributed by atoms with E-state index in [0.29, 0.717) is 28.7 Å². The van der Waals surface area contributed by atoms with Crippen LogP contribution in [0.4, 0.5) is 5.82 Å². The number of aromatic nitrogens is 3. The molecule has 0 saturated carbocycles. The second kappa shape index (κ2) is 6.17. The number of nitrogens with one attached hydrogen (secondary N) is 1. The molecule has 0 bridgehead atoms. The fourth-order valence-electron chi connectivity index (χ4n) is 2.45. The molecule has 2 aromatic heterocycles. The summed E-state index contributed by atoms with van der Waals surface area (Å²) >= 11 is 0. The molecule has 2 heterocycles. The summed E-state index contributed by atoms with van der Waals surface area (Å²) in [7, 11) is 3.18. The third-order valence-corrected chi connectivity index (χ3v) is 3.52. The van der Waals surface area contributed by atoms with E-state index in [2.05, 4.69) is 26.5 Å². The number of rotatable bonds is 5. The summed E-state index contributed by atoms with van der Waals surface area (Å²) in [4.78, 5) is 15.9. The molecular formula is C16H18N6O2. The van der Waals surface area contributed by atoms with Crippen molar-refractivity contribution < 1.29 is 9.47 Å². The van der Waals surface area contributed by atoms with Gasteiger partial charge in [0.25, 0.3) is 0 Å². The molecule has 8 nitrogen and oxygen atoms in total. The highest BCUT2D eigenvalue weighted by molar-refractivity contribution is 6.13. The Bertz CT molecular complexity index is 947. The van der Waals surface area contributed by atoms with Gasteiger partial charge < -0.3 is 14.5 Å². The van der Waals surface area contributed by atoms with Crippen LogP contribution in [0.5, 0.6) is 11.5 Å². The standard InChI is InChI=1S/C16H18N6O2/c1-9(2)20-8-22(17)16-14-10-5-12(23-3)13(24-4)6-11(10)21-15(14)18-7-19-16/h5-8H,1,17H2,2-4H3,(H,18,19,21). The molecule has 1 aromatic carbocycles. The van der Waals surface area contributed by atoms with Crippen molar-refractivity contribution in [2.45, 2.75) is 6.92 Å². The van der Waals surface area contributed by atoms with Crippen LogP contribution in [0.25, 0.3) is 21.9 Å². The topological polar surface area (TPSA) is 102 Å². The SMILES string of the molecule is C=C(C)N=CN(N)c1ncnc2[nH]c3cc(OC)c(OC)cc3c12. The lowest BCUT2D eigenvalue weighted by molar-refractivity contribution is 0.356. The van der Waals surface area contributed by atoms with Crippen molar-refractivity contribution in [3.05, 3.63) is 30.7 Å². The molecule has 0 fully saturated rings. The number of anilines is 1. The fraction of sp³-hybridized carbons (Fsp3) is 0.188. The number of nitrogens with two attached hydrogens (primary N) is 1. The van der Waals surface area contributed by atoms with Crippen LogP contribution < -0.4 is 20.3 Å². The molecule has 3 N–H and O–H groups in total. The molecule has 0 aliphatic rings. The number of aliphatic imine (C=N–C) groups is 1. The predicted molar refractivity (Wildman–Crippen MR) is 94.5 cm³/mol. The Kier molecular flexibility index (Phi) is 4.05. The molecule has 8 heteroatoms. The lowest BCUT2D eigenvalue weighted by Gasteiger charge is -2.12. The average molecular weight is 326 g/mol. The molecule has 0 spiro atoms. The maximum Gasteiger partial charge on any atom is 0.162 e. The van der Waals surface area contributed by atoms with Gasteiger partial charge in [-0.2, -0.15) is 0 Å². The van der Waals surface area contributed by atoms with Crippen molar-refractivity contribution in [2.24, 2.45) is 10.8 Å². The number of fused-ring (bicyclic) bond motifs is 3. The highest BCUT2D eigenvalue weighted by atomic mass is 16.5. The Morgan fingerprint density at radius 1 is 1.29 bits per heavy atom. The Morgan fingerprint density at radius 3 is 2.67 bits per heavy atom. The van der Waals surface area contributed by atoms with Crippen molar-refractivity contribution >= 4 is 34.1 Å². The highest BCUT2D eigenvalue weighted by Crippen LogP contribution is 2.37. The zero-order chi connectivity index (χ0) is 17.3. The van der Waals surface area contributed by atoms with Crippen molar-refractivity contribution in [2.75, 3.05) is 19.2 Å². The van der Waals surface area contributed by atoms with Gasteiger partial charge in [0.05, 0.1) is 25.1 Å². The first-order valence-corrected chi connectivity index (χ1v) is 7.17. The molecule has 3 rings (SSSR count). The van der Waals surface area contributed by atoms with Crippen LogP contribution in [-0.4, -0.2) is 35.5 Å². The number of allylic oxidation sites excluding steroid dienone is 1. The first kappa shape index (κ1) is 15.8. The van der Waals surface area contributed by atoms with Gasteiger partial charge >= 0.3 is 0 Å². The first-order valence-electron chi connectivity index (χ1n) is 7.17. The van der Waals surface area contributed by atoms with Crippen molar-refractivity contribution in [3.63, 3.8) is 0 Å². The minimum absolute atomic E-state index is 0.517. The van der Waals surface area contributed by atoms with Crippen molar-refractivity contribution in [1.29, 1.82) is 0 Å². The number of aromatic amines is 1. The van der Waals surface area contributed by atoms with Crippen molar-refractivity contribution in [1.82, 2.24) is 15.0 Å². The molecule has 3 aromatic rings. The van der Waals surface area contributed by atoms with Gasteiger partial charge in [-0.05, 0) is 13.0 Å². The van der Waals surface area contributed by atoms with Gasteiger partial charge in [0.15, 0.2) is 17.3 Å². The summed E-state index contributed by atoms with van der Waals surface area (Å²) in [6.07, 6.45) is 2.90. The Hall–Kier alpha value is -3.13. The maximum absolute atomic E-state index is 6.07. The molecule has 0 unspecified atom stereocenters. The van der Waals surface area contributed by atoms with E-state index in [4.69, 9.17) is 15.3 Å². The van der Waals surface area contributed by atoms with E-state index in [0.717, 1.165) is 16.3 Å². The number of hydrogen-bond donors (Lipinski definition) is 2. The Labute approximate surface area is 138 Å². The Morgan fingerprint density at radius 2 is 2.00 bits per heavy atom. The average Bonchev–Trinajstić information content (AvgIpc) is 2.95. The fourth-order valence-corrected chi connectivity index (χ4v) is 2.45. The zero-order valence-electron chi connectivity index (χ0n) is 13.7. The number of hydrogen-bond acceptors (Lipinski definition) is 6. The van der Waals surface area contributed by atoms with Gasteiger partial charge in [0.2, 0.25) is 0 Å². The number of hydrazine groups is 1. The van der Waals surface area contributed by atoms with Gasteiger partial charge in [-0.15, -0.1) is 0 Å². The summed E-state index contributed by atoms with van der Waals surface area (Å²) < 4.78 is 10.7. The van der Waals surface area contributed by atoms with Crippen LogP contribution in [0.15, 0.2) is 35.7 Å². The third kappa shape index (κ3) is 2.63. The number of benzene rings is 1. The second-order valence-electron chi connectivity index (χ2n) is 5.19. The maximum atomic E-state index is 6.07. The molecule has 0 aliphatic carbocycles. The smallest absolute Gasteiger partial charge is 0.162 e. The van der Waals surface area contributed by atoms with Crippen molar-refractivity contribution in [3.8, 4) is 11.5 Å². The molecule has 0 saturated heterocycles. The van der Waals surface area contributed by atoms with Gasteiger partial charge in [-0.3, -0.25) is 5.01 Å². The molecule has 0 atom stereocenters. The van der Waals surface area contributed by atoms with Crippen LogP contribution in [0.1, 0.15) is 6.92 Å². The summed E-state index contributed by atoms with van der Waals surface area (Å²) in [5, 5.41) is 2.98. The Balaban J connectivity index is 2.26. The van der Waals surface area contributed by atoms with Gasteiger partial charge in [0.1, 0.15) is 18.3 Å². The predicted octanol–water partition coefficient (Wildman–Crippen LogP) is 2.37. The van der Waals surface area contributed by atoms with E-state index in [9.17, 15) is 0 Å². The van der Waals surface area contributed by atoms with Crippen LogP contribution >= 0.6 is 0 Å². The van der Waals surface area contributed by atoms with Crippen LogP contribution in [-0.2, 0) is 0 Å². The second-order valence-corrected chi connectivity index (χ2v) is 5.19. The number of ether oxygens (including phenoxy) is 2. The molecular weight excluding hydrogens is 308 g/mol. The van der Waals surface area contributed by atoms with Gasteiger partial charge in [0, 0.05) is 17.1 Å². The van der Waals surface area contributed by atoms with E-state index in [1.54, 1.807) is 21.1 Å². The number of H-pyrrole nitrogens is 1. The lowest BCUT2D eigenvalue weighted by Crippen LogP contribution is -2.30. The summed E-state index contributed by atoms with van der Waals surface area (Å²) in [6.45, 7) is 5.50. The molecule has 0 amide bonds. The third-order valence-electron chi connectivity index (χ3n) is 3.52. The lowest BCUT2D eigenvalue weighted by atomic mass is 10.2. The van der Waals surface area contributed by atoms with E-state index in [-0.39, 0.29) is 0 Å². The summed E-state index contributed by atoms with van der Waals surface area (Å²) in [6, 6.07) is 3.71. The minimum atomic E-state index is 0.517. The number of nitrogens with zero attached hydrogens (tertiary/aromatic N) is 4. The van der Waals surface area contributed by atoms with Crippen LogP contribution in [0, 0.1) is 0 Å². The summed E-state index contributed by atoms with van der Waals surface area (Å²) in [5.74, 6) is 7.82. The minimum Gasteiger partial charge on any atom is -0.493 e. The highest BCUT2D eigenvalue weighted by Gasteiger charge is 2.16. The monoisotopic (exact) mass is 326 g/mol. The largest absolute Gasteiger partial charge is 0.493 e. The van der Waals surface area contributed by atoms with E-state index in [1.807, 2.05) is 12.1 Å². The summed E-state index contributed by atoms with van der Waals surface area (Å²) in [5.41, 5.74) is 2.14. The van der Waals surface area contributed by atoms with E-state index < -0.39 is 0 Å². The number of methoxy groups -OCH3 is 2. The first-order chi connectivity index (χ1) is 11.5. The quantitative estimate of drug-likeness (QED) is 0.323. The van der Waals surface area contributed by atoms with E-state index in [1.165, 1.54) is 17.7 Å². The van der Waals surface area contributed by atoms with Gasteiger partial charge in [-0.25, -0.2) is 20.8 Å². The normalized spacial score (nSPS) is 11.3. The zero-order valence-corrected chi connectivity index (χ0v) is 13.7. The van der Waals surface area contributed by atoms with Crippen LogP contribution in [0.2, 0.25) is 0 Å². The molecule has 0 aliphatic heterocycles. The molecule has 0 radical (unpaired) electrons. The molecule has 124 valence electrons. The van der Waals surface area contributed by atoms with Crippen LogP contribution in [0.3, 0.4) is 0 Å².